The molecule has 0 amide bonds. The van der Waals surface area contributed by atoms with Gasteiger partial charge in [-0.05, 0) is 0 Å². The minimum Gasteiger partial charge on any atom is -0.465 e. The molecule has 4 nitrogen and oxygen atoms in total. The lowest BCUT2D eigenvalue weighted by Crippen LogP contribution is -2.01. The van der Waals surface area contributed by atoms with Gasteiger partial charge in [0.1, 0.15) is 5.56 Å². The maximum atomic E-state index is 11.4. The number of H-pyrrole nitrogens is 1. The summed E-state index contributed by atoms with van der Waals surface area (Å²) >= 11 is 0. The Morgan fingerprint density at radius 2 is 2.07 bits per heavy atom. The van der Waals surface area contributed by atoms with Gasteiger partial charge in [-0.3, -0.25) is 5.10 Å². The molecule has 0 aliphatic rings. The van der Waals surface area contributed by atoms with Crippen molar-refractivity contribution in [1.29, 1.82) is 0 Å². The van der Waals surface area contributed by atoms with Crippen LogP contribution in [0.2, 0.25) is 0 Å². The molecule has 1 heterocycles. The SMILES string of the molecule is COC(=O)c1cn[nH]c1-c1ccccc1. The highest BCUT2D eigenvalue weighted by Crippen LogP contribution is 2.20. The summed E-state index contributed by atoms with van der Waals surface area (Å²) in [5.74, 6) is -0.386. The Kier molecular flexibility index (Phi) is 2.49. The first-order valence-corrected chi connectivity index (χ1v) is 4.50. The van der Waals surface area contributed by atoms with Gasteiger partial charge in [-0.2, -0.15) is 5.10 Å². The Balaban J connectivity index is 2.46. The summed E-state index contributed by atoms with van der Waals surface area (Å²) in [6.07, 6.45) is 1.47. The number of rotatable bonds is 2. The van der Waals surface area contributed by atoms with Crippen molar-refractivity contribution >= 4 is 5.97 Å². The number of hydrogen-bond donors (Lipinski definition) is 1. The van der Waals surface area contributed by atoms with Crippen molar-refractivity contribution in [3.05, 3.63) is 42.1 Å². The van der Waals surface area contributed by atoms with Crippen LogP contribution in [0.3, 0.4) is 0 Å². The molecule has 1 aromatic heterocycles. The molecule has 0 saturated carbocycles. The zero-order chi connectivity index (χ0) is 10.7. The van der Waals surface area contributed by atoms with E-state index >= 15 is 0 Å². The molecule has 2 aromatic rings. The summed E-state index contributed by atoms with van der Waals surface area (Å²) in [5.41, 5.74) is 2.04. The topological polar surface area (TPSA) is 55.0 Å². The third-order valence-electron chi connectivity index (χ3n) is 2.11. The van der Waals surface area contributed by atoms with Crippen molar-refractivity contribution in [3.8, 4) is 11.3 Å². The number of carbonyl (C=O) groups excluding carboxylic acids is 1. The maximum Gasteiger partial charge on any atom is 0.341 e. The minimum absolute atomic E-state index is 0.386. The maximum absolute atomic E-state index is 11.4. The number of hydrogen-bond acceptors (Lipinski definition) is 3. The Labute approximate surface area is 86.9 Å². The highest BCUT2D eigenvalue weighted by atomic mass is 16.5. The Bertz CT molecular complexity index is 462. The van der Waals surface area contributed by atoms with Gasteiger partial charge in [0.25, 0.3) is 0 Å². The number of aromatic nitrogens is 2. The predicted molar refractivity (Wildman–Crippen MR) is 55.4 cm³/mol. The first kappa shape index (κ1) is 9.45. The molecule has 0 fully saturated rings. The molecular formula is C11H10N2O2. The van der Waals surface area contributed by atoms with Crippen LogP contribution < -0.4 is 0 Å². The van der Waals surface area contributed by atoms with Crippen molar-refractivity contribution in [2.24, 2.45) is 0 Å². The van der Waals surface area contributed by atoms with Crippen LogP contribution in [0.4, 0.5) is 0 Å². The zero-order valence-corrected chi connectivity index (χ0v) is 8.23. The van der Waals surface area contributed by atoms with E-state index < -0.39 is 0 Å². The fourth-order valence-corrected chi connectivity index (χ4v) is 1.38. The number of nitrogens with one attached hydrogen (secondary N) is 1. The van der Waals surface area contributed by atoms with Crippen molar-refractivity contribution in [2.45, 2.75) is 0 Å². The standard InChI is InChI=1S/C11H10N2O2/c1-15-11(14)9-7-12-13-10(9)8-5-3-2-4-6-8/h2-7H,1H3,(H,12,13). The monoisotopic (exact) mass is 202 g/mol. The summed E-state index contributed by atoms with van der Waals surface area (Å²) in [5, 5.41) is 6.63. The molecule has 2 rings (SSSR count). The molecule has 0 atom stereocenters. The number of esters is 1. The van der Waals surface area contributed by atoms with E-state index in [1.807, 2.05) is 30.3 Å². The van der Waals surface area contributed by atoms with Gasteiger partial charge in [0.05, 0.1) is 19.0 Å². The molecule has 76 valence electrons. The molecule has 15 heavy (non-hydrogen) atoms. The molecular weight excluding hydrogens is 192 g/mol. The number of methoxy groups -OCH3 is 1. The largest absolute Gasteiger partial charge is 0.465 e. The van der Waals surface area contributed by atoms with Crippen LogP contribution in [0.25, 0.3) is 11.3 Å². The second-order valence-corrected chi connectivity index (χ2v) is 3.02. The number of nitrogens with zero attached hydrogens (tertiary/aromatic N) is 1. The van der Waals surface area contributed by atoms with Gasteiger partial charge in [0, 0.05) is 5.56 Å². The van der Waals surface area contributed by atoms with Gasteiger partial charge in [-0.1, -0.05) is 30.3 Å². The van der Waals surface area contributed by atoms with E-state index in [2.05, 4.69) is 14.9 Å². The highest BCUT2D eigenvalue weighted by molar-refractivity contribution is 5.95. The Hall–Kier alpha value is -2.10. The van der Waals surface area contributed by atoms with Crippen LogP contribution in [0, 0.1) is 0 Å². The number of aromatic amines is 1. The van der Waals surface area contributed by atoms with Crippen molar-refractivity contribution in [2.75, 3.05) is 7.11 Å². The molecule has 0 spiro atoms. The molecule has 0 unspecified atom stereocenters. The van der Waals surface area contributed by atoms with Crippen molar-refractivity contribution in [1.82, 2.24) is 10.2 Å². The van der Waals surface area contributed by atoms with Crippen LogP contribution in [0.1, 0.15) is 10.4 Å². The van der Waals surface area contributed by atoms with Gasteiger partial charge in [0.15, 0.2) is 0 Å². The van der Waals surface area contributed by atoms with E-state index in [9.17, 15) is 4.79 Å². The fraction of sp³-hybridized carbons (Fsp3) is 0.0909. The van der Waals surface area contributed by atoms with Gasteiger partial charge in [-0.15, -0.1) is 0 Å². The van der Waals surface area contributed by atoms with E-state index in [4.69, 9.17) is 0 Å². The normalized spacial score (nSPS) is 9.93. The minimum atomic E-state index is -0.386. The Morgan fingerprint density at radius 3 is 2.73 bits per heavy atom. The van der Waals surface area contributed by atoms with Gasteiger partial charge in [-0.25, -0.2) is 4.79 Å². The van der Waals surface area contributed by atoms with Crippen LogP contribution in [0.5, 0.6) is 0 Å². The van der Waals surface area contributed by atoms with E-state index in [0.717, 1.165) is 5.56 Å². The van der Waals surface area contributed by atoms with Crippen LogP contribution in [-0.4, -0.2) is 23.3 Å². The molecule has 0 radical (unpaired) electrons. The first-order chi connectivity index (χ1) is 7.33. The smallest absolute Gasteiger partial charge is 0.341 e. The molecule has 0 aliphatic carbocycles. The lowest BCUT2D eigenvalue weighted by molar-refractivity contribution is 0.0601. The second-order valence-electron chi connectivity index (χ2n) is 3.02. The number of carbonyl (C=O) groups is 1. The third kappa shape index (κ3) is 1.74. The quantitative estimate of drug-likeness (QED) is 0.756. The summed E-state index contributed by atoms with van der Waals surface area (Å²) in [4.78, 5) is 11.4. The average Bonchev–Trinajstić information content (AvgIpc) is 2.78. The van der Waals surface area contributed by atoms with Crippen molar-refractivity contribution in [3.63, 3.8) is 0 Å². The second kappa shape index (κ2) is 3.96. The first-order valence-electron chi connectivity index (χ1n) is 4.50. The summed E-state index contributed by atoms with van der Waals surface area (Å²) in [6.45, 7) is 0. The van der Waals surface area contributed by atoms with Crippen molar-refractivity contribution < 1.29 is 9.53 Å². The van der Waals surface area contributed by atoms with E-state index in [0.29, 0.717) is 11.3 Å². The fourth-order valence-electron chi connectivity index (χ4n) is 1.38. The summed E-state index contributed by atoms with van der Waals surface area (Å²) in [7, 11) is 1.35. The van der Waals surface area contributed by atoms with Crippen LogP contribution in [0.15, 0.2) is 36.5 Å². The highest BCUT2D eigenvalue weighted by Gasteiger charge is 2.14. The lowest BCUT2D eigenvalue weighted by atomic mass is 10.1. The third-order valence-corrected chi connectivity index (χ3v) is 2.11. The molecule has 4 heteroatoms. The predicted octanol–water partition coefficient (Wildman–Crippen LogP) is 1.86. The van der Waals surface area contributed by atoms with E-state index in [-0.39, 0.29) is 5.97 Å². The van der Waals surface area contributed by atoms with Gasteiger partial charge >= 0.3 is 5.97 Å². The molecule has 0 bridgehead atoms. The summed E-state index contributed by atoms with van der Waals surface area (Å²) in [6, 6.07) is 9.52. The lowest BCUT2D eigenvalue weighted by Gasteiger charge is -2.00. The van der Waals surface area contributed by atoms with Crippen LogP contribution >= 0.6 is 0 Å². The van der Waals surface area contributed by atoms with Crippen LogP contribution in [-0.2, 0) is 4.74 Å². The van der Waals surface area contributed by atoms with Gasteiger partial charge < -0.3 is 4.74 Å². The van der Waals surface area contributed by atoms with E-state index in [1.165, 1.54) is 13.3 Å². The molecule has 0 aliphatic heterocycles. The molecule has 1 N–H and O–H groups in total. The van der Waals surface area contributed by atoms with E-state index in [1.54, 1.807) is 0 Å². The molecule has 0 saturated heterocycles. The average molecular weight is 202 g/mol. The van der Waals surface area contributed by atoms with Gasteiger partial charge in [0.2, 0.25) is 0 Å². The number of ether oxygens (including phenoxy) is 1. The number of benzene rings is 1. The Morgan fingerprint density at radius 1 is 1.33 bits per heavy atom. The molecule has 1 aromatic carbocycles. The summed E-state index contributed by atoms with van der Waals surface area (Å²) < 4.78 is 4.66. The zero-order valence-electron chi connectivity index (χ0n) is 8.23.